The highest BCUT2D eigenvalue weighted by Crippen LogP contribution is 2.41. The monoisotopic (exact) mass is 379 g/mol. The number of hydrogen-bond acceptors (Lipinski definition) is 2. The largest absolute Gasteiger partial charge is 0.481 e. The number of carboxylic acid groups (broad SMARTS) is 1. The van der Waals surface area contributed by atoms with Crippen LogP contribution in [0.4, 0.5) is 8.78 Å². The third kappa shape index (κ3) is 3.33. The van der Waals surface area contributed by atoms with E-state index in [0.717, 1.165) is 23.8 Å². The van der Waals surface area contributed by atoms with Gasteiger partial charge in [-0.15, -0.1) is 0 Å². The smallest absolute Gasteiger partial charge is 0.314 e. The summed E-state index contributed by atoms with van der Waals surface area (Å²) >= 11 is 5.91. The molecule has 1 N–H and O–H groups in total. The molecule has 1 fully saturated rings. The van der Waals surface area contributed by atoms with Crippen molar-refractivity contribution in [2.24, 2.45) is 5.92 Å². The zero-order chi connectivity index (χ0) is 19.1. The molecule has 1 saturated heterocycles. The van der Waals surface area contributed by atoms with Crippen molar-refractivity contribution in [3.63, 3.8) is 0 Å². The summed E-state index contributed by atoms with van der Waals surface area (Å²) in [5.74, 6) is -2.85. The first-order valence-corrected chi connectivity index (χ1v) is 8.79. The summed E-state index contributed by atoms with van der Waals surface area (Å²) in [6.07, 6.45) is 0. The van der Waals surface area contributed by atoms with E-state index in [-0.39, 0.29) is 17.5 Å². The van der Waals surface area contributed by atoms with E-state index in [4.69, 9.17) is 11.6 Å². The second-order valence-corrected chi connectivity index (χ2v) is 7.48. The van der Waals surface area contributed by atoms with Gasteiger partial charge in [0.2, 0.25) is 0 Å². The lowest BCUT2D eigenvalue weighted by molar-refractivity contribution is -0.149. The molecule has 138 valence electrons. The van der Waals surface area contributed by atoms with Crippen LogP contribution in [0.15, 0.2) is 42.5 Å². The summed E-state index contributed by atoms with van der Waals surface area (Å²) in [7, 11) is 0. The van der Waals surface area contributed by atoms with Crippen LogP contribution in [0.2, 0.25) is 5.02 Å². The molecule has 26 heavy (non-hydrogen) atoms. The first-order valence-electron chi connectivity index (χ1n) is 8.41. The minimum absolute atomic E-state index is 0.103. The fourth-order valence-corrected chi connectivity index (χ4v) is 3.66. The van der Waals surface area contributed by atoms with Crippen molar-refractivity contribution in [3.8, 4) is 0 Å². The van der Waals surface area contributed by atoms with Gasteiger partial charge in [0, 0.05) is 36.1 Å². The van der Waals surface area contributed by atoms with Crippen molar-refractivity contribution < 1.29 is 18.7 Å². The highest BCUT2D eigenvalue weighted by Gasteiger charge is 2.49. The van der Waals surface area contributed by atoms with E-state index in [1.165, 1.54) is 0 Å². The van der Waals surface area contributed by atoms with Crippen LogP contribution in [0.1, 0.15) is 31.0 Å². The van der Waals surface area contributed by atoms with Crippen molar-refractivity contribution in [1.29, 1.82) is 0 Å². The van der Waals surface area contributed by atoms with E-state index in [1.54, 1.807) is 6.92 Å². The maximum atomic E-state index is 13.6. The Morgan fingerprint density at radius 2 is 1.73 bits per heavy atom. The number of nitrogens with zero attached hydrogens (tertiary/aromatic N) is 1. The minimum Gasteiger partial charge on any atom is -0.481 e. The number of likely N-dealkylation sites (tertiary alicyclic amines) is 1. The van der Waals surface area contributed by atoms with E-state index in [2.05, 4.69) is 4.90 Å². The van der Waals surface area contributed by atoms with Gasteiger partial charge in [0.25, 0.3) is 0 Å². The molecule has 0 bridgehead atoms. The average molecular weight is 380 g/mol. The fraction of sp³-hybridized carbons (Fsp3) is 0.350. The van der Waals surface area contributed by atoms with Crippen LogP contribution in [-0.4, -0.2) is 29.1 Å². The van der Waals surface area contributed by atoms with Crippen LogP contribution in [0, 0.1) is 17.6 Å². The highest BCUT2D eigenvalue weighted by atomic mass is 35.5. The normalized spacial score (nSPS) is 18.8. The number of benzene rings is 2. The molecule has 1 aliphatic rings. The minimum atomic E-state index is -1.35. The van der Waals surface area contributed by atoms with Gasteiger partial charge in [-0.2, -0.15) is 0 Å². The predicted octanol–water partition coefficient (Wildman–Crippen LogP) is 4.65. The number of hydrogen-bond donors (Lipinski definition) is 1. The fourth-order valence-electron chi connectivity index (χ4n) is 3.53. The topological polar surface area (TPSA) is 40.5 Å². The van der Waals surface area contributed by atoms with Gasteiger partial charge in [-0.1, -0.05) is 23.7 Å². The summed E-state index contributed by atoms with van der Waals surface area (Å²) in [6.45, 7) is 4.65. The van der Waals surface area contributed by atoms with Gasteiger partial charge in [0.05, 0.1) is 5.41 Å². The van der Waals surface area contributed by atoms with Crippen LogP contribution in [0.3, 0.4) is 0 Å². The quantitative estimate of drug-likeness (QED) is 0.821. The molecule has 0 saturated carbocycles. The van der Waals surface area contributed by atoms with E-state index in [0.29, 0.717) is 18.1 Å². The van der Waals surface area contributed by atoms with E-state index < -0.39 is 23.0 Å². The number of carbonyl (C=O) groups is 1. The lowest BCUT2D eigenvalue weighted by Crippen LogP contribution is -2.58. The Balaban J connectivity index is 1.79. The molecule has 3 rings (SSSR count). The van der Waals surface area contributed by atoms with Gasteiger partial charge in [0.1, 0.15) is 11.6 Å². The van der Waals surface area contributed by atoms with Gasteiger partial charge in [-0.05, 0) is 49.2 Å². The Kier molecular flexibility index (Phi) is 5.04. The summed E-state index contributed by atoms with van der Waals surface area (Å²) in [6, 6.07) is 10.6. The van der Waals surface area contributed by atoms with E-state index in [9.17, 15) is 18.7 Å². The lowest BCUT2D eigenvalue weighted by Gasteiger charge is -2.49. The molecule has 2 unspecified atom stereocenters. The molecule has 1 aliphatic heterocycles. The summed E-state index contributed by atoms with van der Waals surface area (Å²) in [4.78, 5) is 14.1. The van der Waals surface area contributed by atoms with Crippen LogP contribution in [0.25, 0.3) is 0 Å². The Bertz CT molecular complexity index is 801. The molecule has 2 aromatic carbocycles. The van der Waals surface area contributed by atoms with Crippen LogP contribution < -0.4 is 0 Å². The number of aliphatic carboxylic acids is 1. The van der Waals surface area contributed by atoms with Crippen molar-refractivity contribution in [2.75, 3.05) is 13.1 Å². The zero-order valence-corrected chi connectivity index (χ0v) is 15.3. The Morgan fingerprint density at radius 3 is 2.23 bits per heavy atom. The molecule has 2 atom stereocenters. The summed E-state index contributed by atoms with van der Waals surface area (Å²) in [5.41, 5.74) is -0.105. The third-order valence-corrected chi connectivity index (χ3v) is 5.78. The van der Waals surface area contributed by atoms with Crippen molar-refractivity contribution in [1.82, 2.24) is 4.90 Å². The van der Waals surface area contributed by atoms with Crippen LogP contribution in [-0.2, 0) is 10.2 Å². The highest BCUT2D eigenvalue weighted by molar-refractivity contribution is 6.30. The SMILES string of the molecule is CC(c1ccc(Cl)cc1)N1CC(C(C)(C(=O)O)c2cc(F)cc(F)c2)C1. The van der Waals surface area contributed by atoms with Crippen molar-refractivity contribution >= 4 is 17.6 Å². The van der Waals surface area contributed by atoms with Gasteiger partial charge in [0.15, 0.2) is 0 Å². The second kappa shape index (κ2) is 6.97. The van der Waals surface area contributed by atoms with Gasteiger partial charge >= 0.3 is 5.97 Å². The predicted molar refractivity (Wildman–Crippen MR) is 96.3 cm³/mol. The van der Waals surface area contributed by atoms with Crippen molar-refractivity contribution in [3.05, 3.63) is 70.2 Å². The Morgan fingerprint density at radius 1 is 1.19 bits per heavy atom. The van der Waals surface area contributed by atoms with Gasteiger partial charge < -0.3 is 5.11 Å². The Labute approximate surface area is 156 Å². The summed E-state index contributed by atoms with van der Waals surface area (Å²) < 4.78 is 27.2. The van der Waals surface area contributed by atoms with Crippen LogP contribution in [0.5, 0.6) is 0 Å². The molecule has 0 aromatic heterocycles. The standard InChI is InChI=1S/C20H20ClF2NO2/c1-12(13-3-5-16(21)6-4-13)24-10-15(11-24)20(2,19(25)26)14-7-17(22)9-18(23)8-14/h3-9,12,15H,10-11H2,1-2H3,(H,25,26). The van der Waals surface area contributed by atoms with E-state index >= 15 is 0 Å². The number of rotatable bonds is 5. The molecular weight excluding hydrogens is 360 g/mol. The molecule has 0 radical (unpaired) electrons. The van der Waals surface area contributed by atoms with Gasteiger partial charge in [-0.25, -0.2) is 8.78 Å². The average Bonchev–Trinajstić information content (AvgIpc) is 2.52. The molecular formula is C20H20ClF2NO2. The molecule has 3 nitrogen and oxygen atoms in total. The molecule has 6 heteroatoms. The number of carboxylic acids is 1. The van der Waals surface area contributed by atoms with E-state index in [1.807, 2.05) is 31.2 Å². The lowest BCUT2D eigenvalue weighted by atomic mass is 9.68. The van der Waals surface area contributed by atoms with Crippen LogP contribution >= 0.6 is 11.6 Å². The first-order chi connectivity index (χ1) is 12.2. The maximum Gasteiger partial charge on any atom is 0.314 e. The second-order valence-electron chi connectivity index (χ2n) is 7.04. The Hall–Kier alpha value is -1.98. The first kappa shape index (κ1) is 18.8. The molecule has 0 aliphatic carbocycles. The van der Waals surface area contributed by atoms with Gasteiger partial charge in [-0.3, -0.25) is 9.69 Å². The molecule has 0 amide bonds. The van der Waals surface area contributed by atoms with Crippen molar-refractivity contribution in [2.45, 2.75) is 25.3 Å². The number of halogens is 3. The molecule has 0 spiro atoms. The zero-order valence-electron chi connectivity index (χ0n) is 14.5. The molecule has 2 aromatic rings. The maximum absolute atomic E-state index is 13.6. The molecule has 1 heterocycles. The summed E-state index contributed by atoms with van der Waals surface area (Å²) in [5, 5.41) is 10.5. The third-order valence-electron chi connectivity index (χ3n) is 5.53.